The molecule has 0 aromatic heterocycles. The van der Waals surface area contributed by atoms with E-state index in [4.69, 9.17) is 0 Å². The Labute approximate surface area is 97.3 Å². The van der Waals surface area contributed by atoms with Gasteiger partial charge in [0.15, 0.2) is 0 Å². The highest BCUT2D eigenvalue weighted by atomic mass is 16.2. The van der Waals surface area contributed by atoms with Gasteiger partial charge in [-0.2, -0.15) is 0 Å². The number of amides is 1. The maximum atomic E-state index is 12.1. The highest BCUT2D eigenvalue weighted by molar-refractivity contribution is 6.07. The van der Waals surface area contributed by atoms with Crippen LogP contribution >= 0.6 is 0 Å². The highest BCUT2D eigenvalue weighted by Crippen LogP contribution is 2.41. The topological polar surface area (TPSA) is 20.3 Å². The predicted molar refractivity (Wildman–Crippen MR) is 67.0 cm³/mol. The lowest BCUT2D eigenvalue weighted by Crippen LogP contribution is -2.33. The molecule has 1 amide bonds. The average molecular weight is 217 g/mol. The Bertz CT molecular complexity index is 446. The van der Waals surface area contributed by atoms with Crippen LogP contribution in [0.25, 0.3) is 0 Å². The van der Waals surface area contributed by atoms with E-state index in [1.54, 1.807) is 4.90 Å². The Morgan fingerprint density at radius 2 is 1.88 bits per heavy atom. The van der Waals surface area contributed by atoms with Crippen molar-refractivity contribution >= 4 is 11.6 Å². The first-order chi connectivity index (χ1) is 7.35. The quantitative estimate of drug-likeness (QED) is 0.708. The molecule has 0 bridgehead atoms. The lowest BCUT2D eigenvalue weighted by molar-refractivity contribution is -0.121. The van der Waals surface area contributed by atoms with Crippen molar-refractivity contribution in [1.29, 1.82) is 0 Å². The van der Waals surface area contributed by atoms with Crippen LogP contribution in [0.4, 0.5) is 5.69 Å². The van der Waals surface area contributed by atoms with Crippen molar-refractivity contribution < 1.29 is 4.79 Å². The van der Waals surface area contributed by atoms with E-state index in [-0.39, 0.29) is 11.3 Å². The molecule has 1 aliphatic rings. The van der Waals surface area contributed by atoms with E-state index in [2.05, 4.69) is 32.0 Å². The molecule has 2 rings (SSSR count). The van der Waals surface area contributed by atoms with Gasteiger partial charge in [-0.05, 0) is 37.0 Å². The number of rotatable bonds is 1. The summed E-state index contributed by atoms with van der Waals surface area (Å²) in [5.41, 5.74) is 3.13. The van der Waals surface area contributed by atoms with Gasteiger partial charge in [-0.3, -0.25) is 4.79 Å². The van der Waals surface area contributed by atoms with Gasteiger partial charge in [0.25, 0.3) is 0 Å². The fraction of sp³-hybridized carbons (Fsp3) is 0.500. The molecular weight excluding hydrogens is 198 g/mol. The number of anilines is 1. The molecule has 1 aromatic rings. The van der Waals surface area contributed by atoms with Gasteiger partial charge in [-0.25, -0.2) is 0 Å². The summed E-state index contributed by atoms with van der Waals surface area (Å²) in [7, 11) is 1.85. The molecule has 0 atom stereocenters. The normalized spacial score (nSPS) is 18.1. The van der Waals surface area contributed by atoms with Gasteiger partial charge in [0.2, 0.25) is 5.91 Å². The van der Waals surface area contributed by atoms with Crippen LogP contribution in [0.5, 0.6) is 0 Å². The Balaban J connectivity index is 2.61. The van der Waals surface area contributed by atoms with Crippen LogP contribution in [0.3, 0.4) is 0 Å². The second kappa shape index (κ2) is 3.34. The minimum Gasteiger partial charge on any atom is -0.314 e. The summed E-state index contributed by atoms with van der Waals surface area (Å²) < 4.78 is 0. The molecule has 16 heavy (non-hydrogen) atoms. The monoisotopic (exact) mass is 217 g/mol. The third-order valence-electron chi connectivity index (χ3n) is 3.56. The molecule has 2 nitrogen and oxygen atoms in total. The Morgan fingerprint density at radius 1 is 1.25 bits per heavy atom. The first kappa shape index (κ1) is 11.2. The second-order valence-corrected chi connectivity index (χ2v) is 5.42. The Hall–Kier alpha value is -1.31. The molecule has 1 aliphatic heterocycles. The summed E-state index contributed by atoms with van der Waals surface area (Å²) in [6.45, 7) is 8.36. The number of carbonyl (C=O) groups excluding carboxylic acids is 1. The molecule has 1 aromatic carbocycles. The van der Waals surface area contributed by atoms with Gasteiger partial charge in [0, 0.05) is 12.7 Å². The van der Waals surface area contributed by atoms with Crippen molar-refractivity contribution in [2.45, 2.75) is 39.0 Å². The van der Waals surface area contributed by atoms with Gasteiger partial charge in [-0.1, -0.05) is 26.0 Å². The number of hydrogen-bond acceptors (Lipinski definition) is 1. The van der Waals surface area contributed by atoms with Gasteiger partial charge in [0.1, 0.15) is 0 Å². The number of benzene rings is 1. The van der Waals surface area contributed by atoms with E-state index in [0.29, 0.717) is 5.92 Å². The largest absolute Gasteiger partial charge is 0.314 e. The third-order valence-corrected chi connectivity index (χ3v) is 3.56. The number of nitrogens with zero attached hydrogens (tertiary/aromatic N) is 1. The van der Waals surface area contributed by atoms with Gasteiger partial charge < -0.3 is 4.90 Å². The fourth-order valence-corrected chi connectivity index (χ4v) is 2.35. The smallest absolute Gasteiger partial charge is 0.236 e. The average Bonchev–Trinajstić information content (AvgIpc) is 2.40. The standard InChI is InChI=1S/C14H19NO/c1-9(2)10-6-7-12-11(8-10)14(3,4)13(16)15(12)5/h6-9H,1-5H3. The first-order valence-electron chi connectivity index (χ1n) is 5.78. The van der Waals surface area contributed by atoms with Crippen LogP contribution in [0.2, 0.25) is 0 Å². The van der Waals surface area contributed by atoms with Crippen molar-refractivity contribution in [2.24, 2.45) is 0 Å². The van der Waals surface area contributed by atoms with Crippen molar-refractivity contribution in [3.05, 3.63) is 29.3 Å². The van der Waals surface area contributed by atoms with Crippen molar-refractivity contribution in [1.82, 2.24) is 0 Å². The van der Waals surface area contributed by atoms with Crippen LogP contribution < -0.4 is 4.90 Å². The van der Waals surface area contributed by atoms with Crippen molar-refractivity contribution in [3.8, 4) is 0 Å². The predicted octanol–water partition coefficient (Wildman–Crippen LogP) is 3.06. The van der Waals surface area contributed by atoms with Crippen LogP contribution in [0.1, 0.15) is 44.7 Å². The minimum absolute atomic E-state index is 0.184. The summed E-state index contributed by atoms with van der Waals surface area (Å²) in [4.78, 5) is 13.9. The molecule has 0 aliphatic carbocycles. The van der Waals surface area contributed by atoms with Crippen molar-refractivity contribution in [2.75, 3.05) is 11.9 Å². The van der Waals surface area contributed by atoms with E-state index in [1.165, 1.54) is 5.56 Å². The van der Waals surface area contributed by atoms with Crippen LogP contribution in [-0.4, -0.2) is 13.0 Å². The van der Waals surface area contributed by atoms with Crippen molar-refractivity contribution in [3.63, 3.8) is 0 Å². The van der Waals surface area contributed by atoms with E-state index in [1.807, 2.05) is 20.9 Å². The molecule has 0 fully saturated rings. The summed E-state index contributed by atoms with van der Waals surface area (Å²) >= 11 is 0. The maximum absolute atomic E-state index is 12.1. The molecule has 0 unspecified atom stereocenters. The van der Waals surface area contributed by atoms with Crippen LogP contribution in [-0.2, 0) is 10.2 Å². The first-order valence-corrected chi connectivity index (χ1v) is 5.78. The number of fused-ring (bicyclic) bond motifs is 1. The summed E-state index contributed by atoms with van der Waals surface area (Å²) in [5.74, 6) is 0.686. The molecule has 0 N–H and O–H groups in total. The van der Waals surface area contributed by atoms with E-state index >= 15 is 0 Å². The molecule has 1 heterocycles. The SMILES string of the molecule is CC(C)c1ccc2c(c1)C(C)(C)C(=O)N2C. The molecule has 0 spiro atoms. The highest BCUT2D eigenvalue weighted by Gasteiger charge is 2.42. The van der Waals surface area contributed by atoms with Gasteiger partial charge in [0.05, 0.1) is 5.41 Å². The second-order valence-electron chi connectivity index (χ2n) is 5.42. The summed E-state index contributed by atoms with van der Waals surface area (Å²) in [5, 5.41) is 0. The minimum atomic E-state index is -0.380. The maximum Gasteiger partial charge on any atom is 0.236 e. The molecule has 2 heteroatoms. The lowest BCUT2D eigenvalue weighted by atomic mass is 9.84. The van der Waals surface area contributed by atoms with Gasteiger partial charge >= 0.3 is 0 Å². The zero-order valence-corrected chi connectivity index (χ0v) is 10.7. The fourth-order valence-electron chi connectivity index (χ4n) is 2.35. The van der Waals surface area contributed by atoms with E-state index < -0.39 is 0 Å². The Morgan fingerprint density at radius 3 is 2.44 bits per heavy atom. The Kier molecular flexibility index (Phi) is 2.33. The number of likely N-dealkylation sites (N-methyl/N-ethyl adjacent to an activating group) is 1. The van der Waals surface area contributed by atoms with Crippen LogP contribution in [0, 0.1) is 0 Å². The van der Waals surface area contributed by atoms with Crippen LogP contribution in [0.15, 0.2) is 18.2 Å². The number of carbonyl (C=O) groups is 1. The lowest BCUT2D eigenvalue weighted by Gasteiger charge is -2.17. The summed E-state index contributed by atoms with van der Waals surface area (Å²) in [6.07, 6.45) is 0. The zero-order chi connectivity index (χ0) is 12.1. The van der Waals surface area contributed by atoms with Gasteiger partial charge in [-0.15, -0.1) is 0 Å². The molecule has 86 valence electrons. The number of hydrogen-bond donors (Lipinski definition) is 0. The molecule has 0 radical (unpaired) electrons. The zero-order valence-electron chi connectivity index (χ0n) is 10.7. The summed E-state index contributed by atoms with van der Waals surface area (Å²) in [6, 6.07) is 6.37. The third kappa shape index (κ3) is 1.36. The molecule has 0 saturated carbocycles. The van der Waals surface area contributed by atoms with E-state index in [9.17, 15) is 4.79 Å². The van der Waals surface area contributed by atoms with E-state index in [0.717, 1.165) is 11.3 Å². The molecular formula is C14H19NO. The molecule has 0 saturated heterocycles.